The van der Waals surface area contributed by atoms with Gasteiger partial charge in [-0.15, -0.1) is 11.6 Å². The van der Waals surface area contributed by atoms with Crippen LogP contribution >= 0.6 is 11.6 Å². The van der Waals surface area contributed by atoms with Crippen molar-refractivity contribution < 1.29 is 4.74 Å². The second-order valence-electron chi connectivity index (χ2n) is 4.22. The zero-order chi connectivity index (χ0) is 13.5. The molecule has 0 atom stereocenters. The van der Waals surface area contributed by atoms with Crippen molar-refractivity contribution in [2.75, 3.05) is 0 Å². The summed E-state index contributed by atoms with van der Waals surface area (Å²) in [6, 6.07) is 17.7. The number of nitriles is 1. The van der Waals surface area contributed by atoms with E-state index >= 15 is 0 Å². The van der Waals surface area contributed by atoms with Crippen LogP contribution in [0.15, 0.2) is 48.5 Å². The highest BCUT2D eigenvalue weighted by molar-refractivity contribution is 6.17. The van der Waals surface area contributed by atoms with Crippen molar-refractivity contribution in [1.82, 2.24) is 0 Å². The van der Waals surface area contributed by atoms with E-state index in [1.165, 1.54) is 0 Å². The normalized spacial score (nSPS) is 9.89. The Morgan fingerprint density at radius 3 is 2.42 bits per heavy atom. The second kappa shape index (κ2) is 6.82. The Morgan fingerprint density at radius 2 is 1.74 bits per heavy atom. The summed E-state index contributed by atoms with van der Waals surface area (Å²) < 4.78 is 5.70. The molecule has 19 heavy (non-hydrogen) atoms. The number of halogens is 1. The van der Waals surface area contributed by atoms with Crippen LogP contribution in [0.4, 0.5) is 0 Å². The van der Waals surface area contributed by atoms with Crippen molar-refractivity contribution in [2.45, 2.75) is 18.9 Å². The number of nitrogens with zero attached hydrogens (tertiary/aromatic N) is 1. The largest absolute Gasteiger partial charge is 0.489 e. The van der Waals surface area contributed by atoms with E-state index in [9.17, 15) is 0 Å². The Labute approximate surface area is 118 Å². The molecule has 96 valence electrons. The molecule has 0 spiro atoms. The van der Waals surface area contributed by atoms with Gasteiger partial charge in [0.05, 0.1) is 12.5 Å². The minimum Gasteiger partial charge on any atom is -0.489 e. The maximum absolute atomic E-state index is 8.60. The van der Waals surface area contributed by atoms with Crippen molar-refractivity contribution in [3.63, 3.8) is 0 Å². The molecule has 0 radical (unpaired) electrons. The first-order valence-corrected chi connectivity index (χ1v) is 6.58. The monoisotopic (exact) mass is 271 g/mol. The zero-order valence-electron chi connectivity index (χ0n) is 10.5. The predicted octanol–water partition coefficient (Wildman–Crippen LogP) is 4.07. The Hall–Kier alpha value is -1.98. The first kappa shape index (κ1) is 13.5. The molecule has 2 nitrogen and oxygen atoms in total. The van der Waals surface area contributed by atoms with Crippen LogP contribution in [-0.2, 0) is 18.9 Å². The third-order valence-corrected chi connectivity index (χ3v) is 3.07. The number of benzene rings is 2. The van der Waals surface area contributed by atoms with Crippen molar-refractivity contribution >= 4 is 11.6 Å². The minimum atomic E-state index is 0.429. The highest BCUT2D eigenvalue weighted by Crippen LogP contribution is 2.15. The number of ether oxygens (including phenoxy) is 1. The van der Waals surface area contributed by atoms with Crippen molar-refractivity contribution in [3.8, 4) is 11.8 Å². The van der Waals surface area contributed by atoms with Gasteiger partial charge < -0.3 is 4.74 Å². The van der Waals surface area contributed by atoms with E-state index in [0.29, 0.717) is 18.9 Å². The fraction of sp³-hybridized carbons (Fsp3) is 0.188. The molecule has 0 heterocycles. The van der Waals surface area contributed by atoms with E-state index in [2.05, 4.69) is 6.07 Å². The lowest BCUT2D eigenvalue weighted by atomic mass is 10.1. The van der Waals surface area contributed by atoms with Gasteiger partial charge in [-0.1, -0.05) is 36.4 Å². The van der Waals surface area contributed by atoms with E-state index in [4.69, 9.17) is 21.6 Å². The molecule has 0 fully saturated rings. The van der Waals surface area contributed by atoms with Crippen molar-refractivity contribution in [2.24, 2.45) is 0 Å². The smallest absolute Gasteiger partial charge is 0.119 e. The molecular formula is C16H14ClNO. The second-order valence-corrected chi connectivity index (χ2v) is 4.49. The van der Waals surface area contributed by atoms with Gasteiger partial charge in [0.1, 0.15) is 12.4 Å². The minimum absolute atomic E-state index is 0.429. The van der Waals surface area contributed by atoms with Gasteiger partial charge in [0, 0.05) is 5.88 Å². The van der Waals surface area contributed by atoms with Crippen LogP contribution in [0.2, 0.25) is 0 Å². The molecule has 3 heteroatoms. The van der Waals surface area contributed by atoms with Gasteiger partial charge in [-0.3, -0.25) is 0 Å². The van der Waals surface area contributed by atoms with Gasteiger partial charge in [-0.2, -0.15) is 5.26 Å². The Morgan fingerprint density at radius 1 is 1.00 bits per heavy atom. The first-order valence-electron chi connectivity index (χ1n) is 6.04. The fourth-order valence-electron chi connectivity index (χ4n) is 1.76. The van der Waals surface area contributed by atoms with Crippen LogP contribution in [0.5, 0.6) is 5.75 Å². The lowest BCUT2D eigenvalue weighted by Crippen LogP contribution is -1.96. The van der Waals surface area contributed by atoms with Gasteiger partial charge >= 0.3 is 0 Å². The van der Waals surface area contributed by atoms with Gasteiger partial charge in [0.15, 0.2) is 0 Å². The highest BCUT2D eigenvalue weighted by atomic mass is 35.5. The predicted molar refractivity (Wildman–Crippen MR) is 76.1 cm³/mol. The van der Waals surface area contributed by atoms with Crippen molar-refractivity contribution in [3.05, 3.63) is 65.2 Å². The summed E-state index contributed by atoms with van der Waals surface area (Å²) in [5, 5.41) is 8.60. The van der Waals surface area contributed by atoms with Gasteiger partial charge in [0.25, 0.3) is 0 Å². The SMILES string of the molecule is N#CCc1ccc(OCc2cccc(CCl)c2)cc1. The molecule has 0 aromatic heterocycles. The van der Waals surface area contributed by atoms with Crippen LogP contribution in [0, 0.1) is 11.3 Å². The summed E-state index contributed by atoms with van der Waals surface area (Å²) in [5.41, 5.74) is 3.19. The summed E-state index contributed by atoms with van der Waals surface area (Å²) in [4.78, 5) is 0. The van der Waals surface area contributed by atoms with Gasteiger partial charge in [-0.05, 0) is 28.8 Å². The maximum atomic E-state index is 8.60. The van der Waals surface area contributed by atoms with Crippen LogP contribution in [-0.4, -0.2) is 0 Å². The number of hydrogen-bond donors (Lipinski definition) is 0. The average molecular weight is 272 g/mol. The molecule has 0 bridgehead atoms. The Bertz CT molecular complexity index is 572. The molecule has 0 unspecified atom stereocenters. The zero-order valence-corrected chi connectivity index (χ0v) is 11.2. The van der Waals surface area contributed by atoms with Gasteiger partial charge in [-0.25, -0.2) is 0 Å². The molecule has 0 aliphatic rings. The molecular weight excluding hydrogens is 258 g/mol. The fourth-order valence-corrected chi connectivity index (χ4v) is 1.93. The lowest BCUT2D eigenvalue weighted by molar-refractivity contribution is 0.306. The summed E-state index contributed by atoms with van der Waals surface area (Å²) >= 11 is 5.80. The van der Waals surface area contributed by atoms with E-state index in [1.54, 1.807) is 0 Å². The van der Waals surface area contributed by atoms with Crippen LogP contribution in [0.25, 0.3) is 0 Å². The molecule has 2 aromatic carbocycles. The third-order valence-electron chi connectivity index (χ3n) is 2.76. The first-order chi connectivity index (χ1) is 9.31. The van der Waals surface area contributed by atoms with Crippen LogP contribution in [0.3, 0.4) is 0 Å². The molecule has 0 saturated heterocycles. The highest BCUT2D eigenvalue weighted by Gasteiger charge is 1.98. The van der Waals surface area contributed by atoms with E-state index in [1.807, 2.05) is 48.5 Å². The summed E-state index contributed by atoms with van der Waals surface area (Å²) in [5.74, 6) is 1.31. The molecule has 0 aliphatic heterocycles. The molecule has 2 rings (SSSR count). The summed E-state index contributed by atoms with van der Waals surface area (Å²) in [6.07, 6.45) is 0.429. The Balaban J connectivity index is 1.96. The van der Waals surface area contributed by atoms with E-state index in [0.717, 1.165) is 22.4 Å². The Kier molecular flexibility index (Phi) is 4.83. The van der Waals surface area contributed by atoms with Crippen LogP contribution < -0.4 is 4.74 Å². The molecule has 0 saturated carbocycles. The maximum Gasteiger partial charge on any atom is 0.119 e. The summed E-state index contributed by atoms with van der Waals surface area (Å²) in [7, 11) is 0. The summed E-state index contributed by atoms with van der Waals surface area (Å²) in [6.45, 7) is 0.516. The topological polar surface area (TPSA) is 33.0 Å². The van der Waals surface area contributed by atoms with Gasteiger partial charge in [0.2, 0.25) is 0 Å². The molecule has 0 N–H and O–H groups in total. The van der Waals surface area contributed by atoms with Crippen molar-refractivity contribution in [1.29, 1.82) is 5.26 Å². The van der Waals surface area contributed by atoms with E-state index in [-0.39, 0.29) is 0 Å². The third kappa shape index (κ3) is 4.01. The quantitative estimate of drug-likeness (QED) is 0.768. The average Bonchev–Trinajstić information content (AvgIpc) is 2.47. The van der Waals surface area contributed by atoms with E-state index < -0.39 is 0 Å². The van der Waals surface area contributed by atoms with Crippen LogP contribution in [0.1, 0.15) is 16.7 Å². The lowest BCUT2D eigenvalue weighted by Gasteiger charge is -2.07. The number of rotatable bonds is 5. The number of alkyl halides is 1. The molecule has 2 aromatic rings. The number of hydrogen-bond acceptors (Lipinski definition) is 2. The molecule has 0 amide bonds. The standard InChI is InChI=1S/C16H14ClNO/c17-11-14-2-1-3-15(10-14)12-19-16-6-4-13(5-7-16)8-9-18/h1-7,10H,8,11-12H2. The molecule has 0 aliphatic carbocycles.